The van der Waals surface area contributed by atoms with Crippen LogP contribution in [0, 0.1) is 45.2 Å². The monoisotopic (exact) mass is 841 g/mol. The van der Waals surface area contributed by atoms with Crippen LogP contribution in [0.1, 0.15) is 84.1 Å². The fraction of sp³-hybridized carbons (Fsp3) is 0.667. The Bertz CT molecular complexity index is 1150. The molecular formula is C30H38I3NO3. The normalized spacial score (nSPS) is 35.7. The minimum absolute atomic E-state index is 0.0284. The molecule has 0 spiro atoms. The van der Waals surface area contributed by atoms with Crippen LogP contribution in [0.25, 0.3) is 0 Å². The third-order valence-corrected chi connectivity index (χ3v) is 13.7. The first-order valence-electron chi connectivity index (χ1n) is 13.8. The number of carbonyl (C=O) groups excluding carboxylic acids is 2. The highest BCUT2D eigenvalue weighted by atomic mass is 127. The second kappa shape index (κ2) is 10.8. The number of carbonyl (C=O) groups is 2. The van der Waals surface area contributed by atoms with Crippen molar-refractivity contribution >= 4 is 85.2 Å². The standard InChI is InChI=1S/C30H38I3NO3/c1-4-16(13-20-23(31)15-24(32)27(34)26(20)33)28(36)37-18-9-11-29(2)17(14-18)5-6-19-21-7-8-25(35)30(21,3)12-10-22(19)29/h5,15-16,18-19,21-22H,4,6-14,34H2,1-3H3/t16?,18-,19-,21-,22-,29-,30-/m0/s1. The van der Waals surface area contributed by atoms with Gasteiger partial charge in [-0.3, -0.25) is 9.59 Å². The number of esters is 1. The van der Waals surface area contributed by atoms with Gasteiger partial charge in [-0.1, -0.05) is 32.4 Å². The lowest BCUT2D eigenvalue weighted by atomic mass is 9.48. The Morgan fingerprint density at radius 2 is 1.81 bits per heavy atom. The zero-order chi connectivity index (χ0) is 26.7. The van der Waals surface area contributed by atoms with Crippen molar-refractivity contribution in [1.82, 2.24) is 0 Å². The fourth-order valence-electron chi connectivity index (χ4n) is 8.24. The molecule has 0 saturated heterocycles. The van der Waals surface area contributed by atoms with E-state index in [2.05, 4.69) is 101 Å². The zero-order valence-electron chi connectivity index (χ0n) is 22.0. The first kappa shape index (κ1) is 28.6. The molecule has 0 bridgehead atoms. The van der Waals surface area contributed by atoms with Crippen molar-refractivity contribution in [3.8, 4) is 0 Å². The molecule has 3 saturated carbocycles. The number of allylic oxidation sites excluding steroid dienone is 1. The predicted octanol–water partition coefficient (Wildman–Crippen LogP) is 8.10. The quantitative estimate of drug-likeness (QED) is 0.141. The average molecular weight is 841 g/mol. The zero-order valence-corrected chi connectivity index (χ0v) is 28.5. The van der Waals surface area contributed by atoms with Crippen molar-refractivity contribution in [3.05, 3.63) is 34.0 Å². The summed E-state index contributed by atoms with van der Waals surface area (Å²) in [4.78, 5) is 26.1. The molecule has 2 N–H and O–H groups in total. The van der Waals surface area contributed by atoms with Crippen LogP contribution in [0.15, 0.2) is 17.7 Å². The molecule has 4 nitrogen and oxygen atoms in total. The number of fused-ring (bicyclic) bond motifs is 5. The first-order chi connectivity index (χ1) is 17.5. The van der Waals surface area contributed by atoms with Gasteiger partial charge in [0.1, 0.15) is 11.9 Å². The molecule has 0 aromatic heterocycles. The van der Waals surface area contributed by atoms with Crippen molar-refractivity contribution in [1.29, 1.82) is 0 Å². The maximum absolute atomic E-state index is 13.4. The van der Waals surface area contributed by atoms with Crippen molar-refractivity contribution in [3.63, 3.8) is 0 Å². The van der Waals surface area contributed by atoms with E-state index in [0.717, 1.165) is 79.7 Å². The van der Waals surface area contributed by atoms with Crippen LogP contribution < -0.4 is 5.73 Å². The second-order valence-corrected chi connectivity index (χ2v) is 15.7. The van der Waals surface area contributed by atoms with Crippen LogP contribution >= 0.6 is 67.8 Å². The SMILES string of the molecule is CCC(Cc1c(I)cc(I)c(N)c1I)C(=O)O[C@H]1CC[C@@]2(C)C(=CC[C@@H]3[C@@H]2CC[C@]2(C)C(=O)CC[C@@H]32)C1. The number of anilines is 1. The summed E-state index contributed by atoms with van der Waals surface area (Å²) in [5.41, 5.74) is 9.88. The molecule has 7 atom stereocenters. The molecule has 1 aromatic carbocycles. The highest BCUT2D eigenvalue weighted by Crippen LogP contribution is 2.64. The van der Waals surface area contributed by atoms with E-state index in [4.69, 9.17) is 10.5 Å². The largest absolute Gasteiger partial charge is 0.462 e. The predicted molar refractivity (Wildman–Crippen MR) is 173 cm³/mol. The Morgan fingerprint density at radius 3 is 2.54 bits per heavy atom. The topological polar surface area (TPSA) is 69.4 Å². The lowest BCUT2D eigenvalue weighted by Crippen LogP contribution is -2.50. The lowest BCUT2D eigenvalue weighted by Gasteiger charge is -2.56. The summed E-state index contributed by atoms with van der Waals surface area (Å²) >= 11 is 6.96. The smallest absolute Gasteiger partial charge is 0.309 e. The average Bonchev–Trinajstić information content (AvgIpc) is 3.17. The van der Waals surface area contributed by atoms with Gasteiger partial charge in [0, 0.05) is 29.0 Å². The van der Waals surface area contributed by atoms with E-state index >= 15 is 0 Å². The van der Waals surface area contributed by atoms with Crippen LogP contribution in [0.3, 0.4) is 0 Å². The molecule has 0 aliphatic heterocycles. The Kier molecular flexibility index (Phi) is 8.37. The Hall–Kier alpha value is 0.0900. The number of rotatable bonds is 5. The molecule has 3 fully saturated rings. The summed E-state index contributed by atoms with van der Waals surface area (Å²) in [7, 11) is 0. The van der Waals surface area contributed by atoms with Crippen molar-refractivity contribution in [2.75, 3.05) is 5.73 Å². The number of benzene rings is 1. The van der Waals surface area contributed by atoms with Crippen molar-refractivity contribution in [2.24, 2.45) is 34.5 Å². The van der Waals surface area contributed by atoms with Gasteiger partial charge in [0.25, 0.3) is 0 Å². The van der Waals surface area contributed by atoms with Crippen LogP contribution in [-0.2, 0) is 20.7 Å². The van der Waals surface area contributed by atoms with Gasteiger partial charge in [0.05, 0.1) is 11.6 Å². The summed E-state index contributed by atoms with van der Waals surface area (Å²) in [5.74, 6) is 2.13. The van der Waals surface area contributed by atoms with Gasteiger partial charge in [-0.15, -0.1) is 0 Å². The van der Waals surface area contributed by atoms with E-state index in [1.165, 1.54) is 5.57 Å². The molecule has 1 aromatic rings. The molecule has 5 rings (SSSR count). The Labute approximate surface area is 262 Å². The van der Waals surface area contributed by atoms with Gasteiger partial charge in [0.15, 0.2) is 0 Å². The maximum Gasteiger partial charge on any atom is 0.309 e. The van der Waals surface area contributed by atoms with Gasteiger partial charge in [-0.05, 0) is 154 Å². The summed E-state index contributed by atoms with van der Waals surface area (Å²) in [6.45, 7) is 6.79. The highest BCUT2D eigenvalue weighted by molar-refractivity contribution is 14.1. The lowest BCUT2D eigenvalue weighted by molar-refractivity contribution is -0.156. The summed E-state index contributed by atoms with van der Waals surface area (Å²) < 4.78 is 9.49. The molecule has 7 heteroatoms. The molecule has 4 aliphatic rings. The van der Waals surface area contributed by atoms with Crippen LogP contribution in [-0.4, -0.2) is 17.9 Å². The van der Waals surface area contributed by atoms with Gasteiger partial charge < -0.3 is 10.5 Å². The number of halogens is 3. The van der Waals surface area contributed by atoms with Crippen LogP contribution in [0.5, 0.6) is 0 Å². The minimum Gasteiger partial charge on any atom is -0.462 e. The molecule has 202 valence electrons. The first-order valence-corrected chi connectivity index (χ1v) is 17.1. The van der Waals surface area contributed by atoms with E-state index < -0.39 is 0 Å². The molecule has 0 radical (unpaired) electrons. The van der Waals surface area contributed by atoms with E-state index in [-0.39, 0.29) is 28.8 Å². The molecule has 1 unspecified atom stereocenters. The third-order valence-electron chi connectivity index (χ3n) is 10.6. The number of ether oxygens (including phenoxy) is 1. The molecule has 0 amide bonds. The van der Waals surface area contributed by atoms with Gasteiger partial charge >= 0.3 is 5.97 Å². The van der Waals surface area contributed by atoms with E-state index in [0.29, 0.717) is 30.0 Å². The number of nitrogens with two attached hydrogens (primary N) is 1. The van der Waals surface area contributed by atoms with Gasteiger partial charge in [-0.25, -0.2) is 0 Å². The number of nitrogen functional groups attached to an aromatic ring is 1. The minimum atomic E-state index is -0.157. The van der Waals surface area contributed by atoms with Gasteiger partial charge in [-0.2, -0.15) is 0 Å². The number of hydrogen-bond donors (Lipinski definition) is 1. The highest BCUT2D eigenvalue weighted by Gasteiger charge is 2.58. The number of Topliss-reactive ketones (excluding diaryl/α,β-unsaturated/α-hetero) is 1. The molecule has 4 aliphatic carbocycles. The number of ketones is 1. The summed E-state index contributed by atoms with van der Waals surface area (Å²) in [6, 6.07) is 2.10. The Morgan fingerprint density at radius 1 is 1.11 bits per heavy atom. The molecule has 37 heavy (non-hydrogen) atoms. The molecule has 0 heterocycles. The fourth-order valence-corrected chi connectivity index (χ4v) is 12.0. The maximum atomic E-state index is 13.4. The van der Waals surface area contributed by atoms with Gasteiger partial charge in [0.2, 0.25) is 0 Å². The van der Waals surface area contributed by atoms with Crippen LogP contribution in [0.4, 0.5) is 5.69 Å². The number of hydrogen-bond acceptors (Lipinski definition) is 4. The second-order valence-electron chi connectivity index (χ2n) is 12.3. The van der Waals surface area contributed by atoms with E-state index in [1.807, 2.05) is 0 Å². The third kappa shape index (κ3) is 4.95. The van der Waals surface area contributed by atoms with Crippen molar-refractivity contribution < 1.29 is 14.3 Å². The summed E-state index contributed by atoms with van der Waals surface area (Å²) in [5, 5.41) is 0. The Balaban J connectivity index is 1.27. The van der Waals surface area contributed by atoms with Crippen molar-refractivity contribution in [2.45, 2.75) is 91.1 Å². The van der Waals surface area contributed by atoms with E-state index in [1.54, 1.807) is 0 Å². The summed E-state index contributed by atoms with van der Waals surface area (Å²) in [6.07, 6.45) is 11.9. The van der Waals surface area contributed by atoms with E-state index in [9.17, 15) is 9.59 Å². The van der Waals surface area contributed by atoms with Crippen LogP contribution in [0.2, 0.25) is 0 Å². The molecular weight excluding hydrogens is 803 g/mol.